The first-order valence-corrected chi connectivity index (χ1v) is 28.6. The van der Waals surface area contributed by atoms with Gasteiger partial charge >= 0.3 is 0 Å². The van der Waals surface area contributed by atoms with Crippen molar-refractivity contribution in [2.24, 2.45) is 0 Å². The number of amides is 1. The molecule has 1 amide bonds. The van der Waals surface area contributed by atoms with E-state index in [9.17, 15) is 45.6 Å². The third-order valence-corrected chi connectivity index (χ3v) is 14.1. The molecule has 2 fully saturated rings. The molecule has 0 aromatic rings. The summed E-state index contributed by atoms with van der Waals surface area (Å²) < 4.78 is 22.7. The molecule has 2 rings (SSSR count). The lowest BCUT2D eigenvalue weighted by Crippen LogP contribution is -2.65. The molecule has 2 heterocycles. The van der Waals surface area contributed by atoms with E-state index < -0.39 is 86.8 Å². The van der Waals surface area contributed by atoms with Crippen LogP contribution in [0.1, 0.15) is 232 Å². The van der Waals surface area contributed by atoms with Crippen LogP contribution < -0.4 is 5.32 Å². The standard InChI is InChI=1S/C56H105NO13/c1-3-5-7-9-11-13-15-17-18-19-20-21-22-23-24-25-26-27-28-30-32-34-36-38-40-48(61)57-44(45(60)39-37-35-33-31-29-16-14-12-10-8-6-4-2)43-67-55-53(66)51(64)54(47(42-59)69-55)70-56-52(65)50(63)49(62)46(41-58)68-56/h29,31,37,39,44-47,49-56,58-60,62-66H,3-28,30,32-36,38,40-43H2,1-2H3,(H,57,61)/b31-29+,39-37+. The van der Waals surface area contributed by atoms with Gasteiger partial charge in [0, 0.05) is 6.42 Å². The second-order valence-electron chi connectivity index (χ2n) is 20.4. The number of carbonyl (C=O) groups excluding carboxylic acids is 1. The number of ether oxygens (including phenoxy) is 4. The van der Waals surface area contributed by atoms with Gasteiger partial charge in [0.15, 0.2) is 12.6 Å². The number of hydrogen-bond donors (Lipinski definition) is 9. The molecule has 70 heavy (non-hydrogen) atoms. The van der Waals surface area contributed by atoms with Gasteiger partial charge in [-0.1, -0.05) is 218 Å². The van der Waals surface area contributed by atoms with Crippen molar-refractivity contribution in [3.05, 3.63) is 24.3 Å². The molecule has 0 aromatic heterocycles. The zero-order chi connectivity index (χ0) is 51.0. The van der Waals surface area contributed by atoms with Gasteiger partial charge in [-0.3, -0.25) is 4.79 Å². The zero-order valence-electron chi connectivity index (χ0n) is 44.0. The van der Waals surface area contributed by atoms with Crippen LogP contribution in [0.25, 0.3) is 0 Å². The number of aliphatic hydroxyl groups excluding tert-OH is 8. The van der Waals surface area contributed by atoms with Gasteiger partial charge in [-0.25, -0.2) is 0 Å². The van der Waals surface area contributed by atoms with Gasteiger partial charge < -0.3 is 65.1 Å². The highest BCUT2D eigenvalue weighted by molar-refractivity contribution is 5.76. The third-order valence-electron chi connectivity index (χ3n) is 14.1. The van der Waals surface area contributed by atoms with Gasteiger partial charge in [-0.2, -0.15) is 0 Å². The lowest BCUT2D eigenvalue weighted by atomic mass is 9.97. The predicted molar refractivity (Wildman–Crippen MR) is 277 cm³/mol. The average molecular weight is 1000 g/mol. The number of hydrogen-bond acceptors (Lipinski definition) is 13. The van der Waals surface area contributed by atoms with E-state index >= 15 is 0 Å². The van der Waals surface area contributed by atoms with E-state index in [1.807, 2.05) is 6.08 Å². The minimum atomic E-state index is -1.79. The van der Waals surface area contributed by atoms with Crippen molar-refractivity contribution in [2.45, 2.75) is 306 Å². The predicted octanol–water partition coefficient (Wildman–Crippen LogP) is 8.89. The van der Waals surface area contributed by atoms with E-state index in [4.69, 9.17) is 18.9 Å². The summed E-state index contributed by atoms with van der Waals surface area (Å²) in [6, 6.07) is -0.926. The van der Waals surface area contributed by atoms with Crippen molar-refractivity contribution in [3.8, 4) is 0 Å². The number of carbonyl (C=O) groups is 1. The summed E-state index contributed by atoms with van der Waals surface area (Å²) in [5.74, 6) is -0.246. The Morgan fingerprint density at radius 3 is 1.40 bits per heavy atom. The van der Waals surface area contributed by atoms with Gasteiger partial charge in [0.05, 0.1) is 32.0 Å². The molecule has 2 aliphatic rings. The van der Waals surface area contributed by atoms with Crippen LogP contribution in [0.3, 0.4) is 0 Å². The molecule has 0 aromatic carbocycles. The first-order valence-electron chi connectivity index (χ1n) is 28.6. The number of allylic oxidation sites excluding steroid dienone is 3. The van der Waals surface area contributed by atoms with Crippen molar-refractivity contribution < 1.29 is 64.6 Å². The molecule has 0 saturated carbocycles. The molecule has 14 nitrogen and oxygen atoms in total. The Bertz CT molecular complexity index is 1270. The van der Waals surface area contributed by atoms with Crippen molar-refractivity contribution in [3.63, 3.8) is 0 Å². The second-order valence-corrected chi connectivity index (χ2v) is 20.4. The van der Waals surface area contributed by atoms with Gasteiger partial charge in [0.25, 0.3) is 0 Å². The van der Waals surface area contributed by atoms with Gasteiger partial charge in [0.2, 0.25) is 5.91 Å². The van der Waals surface area contributed by atoms with E-state index in [-0.39, 0.29) is 18.9 Å². The highest BCUT2D eigenvalue weighted by Crippen LogP contribution is 2.30. The van der Waals surface area contributed by atoms with Crippen LogP contribution in [0.5, 0.6) is 0 Å². The molecule has 2 saturated heterocycles. The highest BCUT2D eigenvalue weighted by atomic mass is 16.7. The zero-order valence-corrected chi connectivity index (χ0v) is 44.0. The van der Waals surface area contributed by atoms with E-state index in [1.165, 1.54) is 167 Å². The van der Waals surface area contributed by atoms with Crippen molar-refractivity contribution in [1.82, 2.24) is 5.32 Å². The van der Waals surface area contributed by atoms with Crippen molar-refractivity contribution >= 4 is 5.91 Å². The van der Waals surface area contributed by atoms with Crippen molar-refractivity contribution in [1.29, 1.82) is 0 Å². The Hall–Kier alpha value is -1.53. The van der Waals surface area contributed by atoms with Gasteiger partial charge in [0.1, 0.15) is 48.8 Å². The topological polar surface area (TPSA) is 228 Å². The molecule has 12 atom stereocenters. The summed E-state index contributed by atoms with van der Waals surface area (Å²) in [6.45, 7) is 2.77. The van der Waals surface area contributed by atoms with Crippen molar-refractivity contribution in [2.75, 3.05) is 19.8 Å². The van der Waals surface area contributed by atoms with Gasteiger partial charge in [-0.15, -0.1) is 0 Å². The monoisotopic (exact) mass is 1000 g/mol. The summed E-state index contributed by atoms with van der Waals surface area (Å²) in [7, 11) is 0. The molecular formula is C56H105NO13. The van der Waals surface area contributed by atoms with Crippen LogP contribution >= 0.6 is 0 Å². The first kappa shape index (κ1) is 64.6. The van der Waals surface area contributed by atoms with Crippen LogP contribution in [0.2, 0.25) is 0 Å². The maximum atomic E-state index is 13.2. The normalized spacial score (nSPS) is 26.1. The Balaban J connectivity index is 1.73. The summed E-state index contributed by atoms with van der Waals surface area (Å²) in [6.07, 6.45) is 32.3. The second kappa shape index (κ2) is 42.8. The molecule has 0 radical (unpaired) electrons. The maximum absolute atomic E-state index is 13.2. The third kappa shape index (κ3) is 28.8. The minimum Gasteiger partial charge on any atom is -0.394 e. The Morgan fingerprint density at radius 1 is 0.500 bits per heavy atom. The largest absolute Gasteiger partial charge is 0.394 e. The molecule has 0 bridgehead atoms. The molecule has 0 spiro atoms. The fourth-order valence-electron chi connectivity index (χ4n) is 9.48. The molecule has 14 heteroatoms. The smallest absolute Gasteiger partial charge is 0.220 e. The number of rotatable bonds is 45. The maximum Gasteiger partial charge on any atom is 0.220 e. The fourth-order valence-corrected chi connectivity index (χ4v) is 9.48. The summed E-state index contributed by atoms with van der Waals surface area (Å²) in [5.41, 5.74) is 0. The molecule has 412 valence electrons. The van der Waals surface area contributed by atoms with E-state index in [0.717, 1.165) is 32.1 Å². The molecule has 9 N–H and O–H groups in total. The van der Waals surface area contributed by atoms with Gasteiger partial charge in [-0.05, 0) is 32.1 Å². The number of unbranched alkanes of at least 4 members (excludes halogenated alkanes) is 30. The molecule has 12 unspecified atom stereocenters. The SMILES string of the molecule is CCCCCCCC/C=C/CC/C=C/C(O)C(COC1OC(CO)C(OC2OC(CO)C(O)C(O)C2O)C(O)C1O)NC(=O)CCCCCCCCCCCCCCCCCCCCCCCCCC. The minimum absolute atomic E-state index is 0.246. The summed E-state index contributed by atoms with van der Waals surface area (Å²) in [4.78, 5) is 13.2. The van der Waals surface area contributed by atoms with E-state index in [1.54, 1.807) is 6.08 Å². The summed E-state index contributed by atoms with van der Waals surface area (Å²) >= 11 is 0. The quantitative estimate of drug-likeness (QED) is 0.0205. The van der Waals surface area contributed by atoms with Crippen LogP contribution in [-0.2, 0) is 23.7 Å². The lowest BCUT2D eigenvalue weighted by Gasteiger charge is -2.46. The van der Waals surface area contributed by atoms with Crippen LogP contribution in [0, 0.1) is 0 Å². The highest BCUT2D eigenvalue weighted by Gasteiger charge is 2.51. The number of aliphatic hydroxyl groups is 8. The van der Waals surface area contributed by atoms with Crippen LogP contribution in [-0.4, -0.2) is 140 Å². The first-order chi connectivity index (χ1) is 34.1. The molecule has 0 aliphatic carbocycles. The molecular weight excluding hydrogens is 895 g/mol. The lowest BCUT2D eigenvalue weighted by molar-refractivity contribution is -0.359. The Morgan fingerprint density at radius 2 is 0.914 bits per heavy atom. The molecule has 2 aliphatic heterocycles. The van der Waals surface area contributed by atoms with Crippen LogP contribution in [0.15, 0.2) is 24.3 Å². The number of nitrogens with one attached hydrogen (secondary N) is 1. The van der Waals surface area contributed by atoms with E-state index in [0.29, 0.717) is 12.8 Å². The summed E-state index contributed by atoms with van der Waals surface area (Å²) in [5, 5.41) is 86.8. The Kier molecular flexibility index (Phi) is 39.5. The Labute approximate surface area is 424 Å². The van der Waals surface area contributed by atoms with Crippen LogP contribution in [0.4, 0.5) is 0 Å². The average Bonchev–Trinajstić information content (AvgIpc) is 3.36. The van der Waals surface area contributed by atoms with E-state index in [2.05, 4.69) is 31.3 Å². The fraction of sp³-hybridized carbons (Fsp3) is 0.911.